The van der Waals surface area contributed by atoms with Crippen LogP contribution in [-0.2, 0) is 25.6 Å². The van der Waals surface area contributed by atoms with Crippen LogP contribution in [0.15, 0.2) is 30.6 Å². The Bertz CT molecular complexity index is 876. The number of benzene rings is 1. The molecule has 6 nitrogen and oxygen atoms in total. The molecule has 140 valence electrons. The molecule has 3 rings (SSSR count). The van der Waals surface area contributed by atoms with Crippen LogP contribution in [0.4, 0.5) is 0 Å². The average Bonchev–Trinajstić information content (AvgIpc) is 3.11. The number of rotatable bonds is 5. The zero-order valence-corrected chi connectivity index (χ0v) is 16.7. The summed E-state index contributed by atoms with van der Waals surface area (Å²) >= 11 is 0. The second-order valence-electron chi connectivity index (χ2n) is 7.87. The van der Waals surface area contributed by atoms with Crippen LogP contribution in [0.25, 0.3) is 11.1 Å². The molecule has 1 N–H and O–H groups in total. The van der Waals surface area contributed by atoms with E-state index in [2.05, 4.69) is 10.2 Å². The first-order valence-electron chi connectivity index (χ1n) is 8.64. The number of hydrogen-bond acceptors (Lipinski definition) is 5. The van der Waals surface area contributed by atoms with Crippen LogP contribution in [0, 0.1) is 0 Å². The number of aromatic amines is 1. The molecule has 1 aromatic heterocycles. The predicted octanol–water partition coefficient (Wildman–Crippen LogP) is 1.96. The normalized spacial score (nSPS) is 19.0. The first-order valence-corrected chi connectivity index (χ1v) is 10.7. The van der Waals surface area contributed by atoms with Crippen molar-refractivity contribution in [2.24, 2.45) is 0 Å². The molecule has 1 aliphatic rings. The Morgan fingerprint density at radius 1 is 1.15 bits per heavy atom. The molecular formula is C18H25BN2O4S. The Hall–Kier alpha value is -1.64. The van der Waals surface area contributed by atoms with Gasteiger partial charge in [0.05, 0.1) is 23.2 Å². The number of hydrogen-bond donors (Lipinski definition) is 1. The summed E-state index contributed by atoms with van der Waals surface area (Å²) in [5, 5.41) is 6.80. The molecule has 0 atom stereocenters. The number of H-pyrrole nitrogens is 1. The largest absolute Gasteiger partial charge is 0.494 e. The van der Waals surface area contributed by atoms with Gasteiger partial charge in [-0.05, 0) is 50.7 Å². The molecular weight excluding hydrogens is 351 g/mol. The molecule has 0 radical (unpaired) electrons. The van der Waals surface area contributed by atoms with Crippen molar-refractivity contribution in [3.05, 3.63) is 36.2 Å². The summed E-state index contributed by atoms with van der Waals surface area (Å²) in [7, 11) is -3.54. The standard InChI is InChI=1S/C18H25BN2O4S/c1-17(2)18(3,4)25-19(24-17)15-6-7-16(14-11-20-21-12-14)13(10-15)8-9-26(5,22)23/h6-7,10-12H,8-9H2,1-5H3,(H,20,21). The van der Waals surface area contributed by atoms with Gasteiger partial charge >= 0.3 is 7.12 Å². The van der Waals surface area contributed by atoms with Crippen LogP contribution in [0.1, 0.15) is 33.3 Å². The molecule has 2 aromatic rings. The van der Waals surface area contributed by atoms with Gasteiger partial charge < -0.3 is 9.31 Å². The maximum atomic E-state index is 11.6. The zero-order chi connectivity index (χ0) is 19.2. The fraction of sp³-hybridized carbons (Fsp3) is 0.500. The highest BCUT2D eigenvalue weighted by atomic mass is 32.2. The smallest absolute Gasteiger partial charge is 0.399 e. The van der Waals surface area contributed by atoms with Gasteiger partial charge in [0.25, 0.3) is 0 Å². The van der Waals surface area contributed by atoms with Crippen molar-refractivity contribution in [2.45, 2.75) is 45.3 Å². The van der Waals surface area contributed by atoms with Gasteiger partial charge in [0, 0.05) is 18.0 Å². The number of aryl methyl sites for hydroxylation is 1. The summed E-state index contributed by atoms with van der Waals surface area (Å²) in [5.41, 5.74) is 2.86. The van der Waals surface area contributed by atoms with Gasteiger partial charge in [-0.25, -0.2) is 8.42 Å². The van der Waals surface area contributed by atoms with E-state index in [0.29, 0.717) is 6.42 Å². The Balaban J connectivity index is 1.96. The summed E-state index contributed by atoms with van der Waals surface area (Å²) in [6.07, 6.45) is 5.21. The van der Waals surface area contributed by atoms with Crippen molar-refractivity contribution in [3.63, 3.8) is 0 Å². The van der Waals surface area contributed by atoms with Crippen LogP contribution in [0.2, 0.25) is 0 Å². The van der Waals surface area contributed by atoms with Crippen molar-refractivity contribution < 1.29 is 17.7 Å². The zero-order valence-electron chi connectivity index (χ0n) is 15.9. The molecule has 8 heteroatoms. The molecule has 1 aromatic carbocycles. The van der Waals surface area contributed by atoms with Crippen molar-refractivity contribution in [3.8, 4) is 11.1 Å². The monoisotopic (exact) mass is 376 g/mol. The summed E-state index contributed by atoms with van der Waals surface area (Å²) in [6, 6.07) is 5.92. The topological polar surface area (TPSA) is 81.3 Å². The molecule has 0 amide bonds. The van der Waals surface area contributed by atoms with Crippen LogP contribution in [0.3, 0.4) is 0 Å². The fourth-order valence-electron chi connectivity index (χ4n) is 2.92. The molecule has 1 fully saturated rings. The van der Waals surface area contributed by atoms with E-state index in [-0.39, 0.29) is 5.75 Å². The first kappa shape index (κ1) is 19.1. The van der Waals surface area contributed by atoms with Crippen molar-refractivity contribution in [1.29, 1.82) is 0 Å². The molecule has 26 heavy (non-hydrogen) atoms. The van der Waals surface area contributed by atoms with Gasteiger partial charge in [-0.1, -0.05) is 18.2 Å². The minimum atomic E-state index is -3.06. The van der Waals surface area contributed by atoms with Crippen LogP contribution >= 0.6 is 0 Å². The number of aromatic nitrogens is 2. The fourth-order valence-corrected chi connectivity index (χ4v) is 3.51. The maximum absolute atomic E-state index is 11.6. The van der Waals surface area contributed by atoms with E-state index in [1.54, 1.807) is 12.4 Å². The summed E-state index contributed by atoms with van der Waals surface area (Å²) in [4.78, 5) is 0. The third kappa shape index (κ3) is 3.87. The lowest BCUT2D eigenvalue weighted by atomic mass is 9.77. The van der Waals surface area contributed by atoms with Crippen LogP contribution in [0.5, 0.6) is 0 Å². The van der Waals surface area contributed by atoms with E-state index in [1.165, 1.54) is 6.26 Å². The molecule has 0 unspecified atom stereocenters. The molecule has 2 heterocycles. The summed E-state index contributed by atoms with van der Waals surface area (Å²) in [5.74, 6) is 0.0880. The van der Waals surface area contributed by atoms with E-state index in [9.17, 15) is 8.42 Å². The lowest BCUT2D eigenvalue weighted by Crippen LogP contribution is -2.41. The second kappa shape index (κ2) is 6.51. The first-order chi connectivity index (χ1) is 12.0. The molecule has 1 aliphatic heterocycles. The van der Waals surface area contributed by atoms with Gasteiger partial charge in [0.15, 0.2) is 0 Å². The Morgan fingerprint density at radius 3 is 2.35 bits per heavy atom. The summed E-state index contributed by atoms with van der Waals surface area (Å²) in [6.45, 7) is 8.05. The molecule has 0 aliphatic carbocycles. The highest BCUT2D eigenvalue weighted by Crippen LogP contribution is 2.36. The number of nitrogens with zero attached hydrogens (tertiary/aromatic N) is 1. The van der Waals surface area contributed by atoms with Crippen molar-refractivity contribution in [2.75, 3.05) is 12.0 Å². The number of sulfone groups is 1. The van der Waals surface area contributed by atoms with Crippen molar-refractivity contribution >= 4 is 22.4 Å². The van der Waals surface area contributed by atoms with Gasteiger partial charge in [-0.15, -0.1) is 0 Å². The van der Waals surface area contributed by atoms with E-state index in [0.717, 1.165) is 22.2 Å². The van der Waals surface area contributed by atoms with E-state index < -0.39 is 28.2 Å². The highest BCUT2D eigenvalue weighted by Gasteiger charge is 2.51. The molecule has 0 saturated carbocycles. The SMILES string of the molecule is CC1(C)OB(c2ccc(-c3cn[nH]c3)c(CCS(C)(=O)=O)c2)OC1(C)C. The van der Waals surface area contributed by atoms with E-state index in [4.69, 9.17) is 9.31 Å². The van der Waals surface area contributed by atoms with E-state index >= 15 is 0 Å². The van der Waals surface area contributed by atoms with Crippen LogP contribution in [-0.4, -0.2) is 48.9 Å². The Kier molecular flexibility index (Phi) is 4.79. The average molecular weight is 376 g/mol. The minimum Gasteiger partial charge on any atom is -0.399 e. The highest BCUT2D eigenvalue weighted by molar-refractivity contribution is 7.90. The Labute approximate surface area is 155 Å². The number of nitrogens with one attached hydrogen (secondary N) is 1. The lowest BCUT2D eigenvalue weighted by Gasteiger charge is -2.32. The van der Waals surface area contributed by atoms with Gasteiger partial charge in [0.2, 0.25) is 0 Å². The third-order valence-corrected chi connectivity index (χ3v) is 6.15. The quantitative estimate of drug-likeness (QED) is 0.807. The Morgan fingerprint density at radius 2 is 1.81 bits per heavy atom. The van der Waals surface area contributed by atoms with Crippen molar-refractivity contribution in [1.82, 2.24) is 10.2 Å². The second-order valence-corrected chi connectivity index (χ2v) is 10.1. The predicted molar refractivity (Wildman–Crippen MR) is 103 cm³/mol. The van der Waals surface area contributed by atoms with E-state index in [1.807, 2.05) is 45.9 Å². The molecule has 1 saturated heterocycles. The van der Waals surface area contributed by atoms with Crippen LogP contribution < -0.4 is 5.46 Å². The lowest BCUT2D eigenvalue weighted by molar-refractivity contribution is 0.00578. The molecule has 0 bridgehead atoms. The summed E-state index contributed by atoms with van der Waals surface area (Å²) < 4.78 is 35.5. The van der Waals surface area contributed by atoms with Gasteiger partial charge in [0.1, 0.15) is 9.84 Å². The van der Waals surface area contributed by atoms with Gasteiger partial charge in [-0.3, -0.25) is 5.10 Å². The third-order valence-electron chi connectivity index (χ3n) is 5.21. The molecule has 0 spiro atoms. The maximum Gasteiger partial charge on any atom is 0.494 e. The van der Waals surface area contributed by atoms with Gasteiger partial charge in [-0.2, -0.15) is 5.10 Å². The minimum absolute atomic E-state index is 0.0880.